The average molecular weight is 320 g/mol. The van der Waals surface area contributed by atoms with Crippen LogP contribution in [0.4, 0.5) is 0 Å². The van der Waals surface area contributed by atoms with Gasteiger partial charge in [-0.05, 0) is 68.9 Å². The van der Waals surface area contributed by atoms with Crippen molar-refractivity contribution in [3.05, 3.63) is 82.7 Å². The van der Waals surface area contributed by atoms with Gasteiger partial charge in [-0.3, -0.25) is 0 Å². The van der Waals surface area contributed by atoms with E-state index in [4.69, 9.17) is 0 Å². The summed E-state index contributed by atoms with van der Waals surface area (Å²) >= 11 is 0. The predicted molar refractivity (Wildman–Crippen MR) is 109 cm³/mol. The van der Waals surface area contributed by atoms with Crippen LogP contribution in [0, 0.1) is 6.92 Å². The molecule has 0 heteroatoms. The molecule has 0 heterocycles. The van der Waals surface area contributed by atoms with Crippen molar-refractivity contribution in [1.82, 2.24) is 0 Å². The van der Waals surface area contributed by atoms with E-state index in [0.717, 1.165) is 12.8 Å². The summed E-state index contributed by atoms with van der Waals surface area (Å²) in [4.78, 5) is 0. The van der Waals surface area contributed by atoms with Gasteiger partial charge in [-0.2, -0.15) is 0 Å². The molecule has 0 aromatic heterocycles. The first-order valence-electron chi connectivity index (χ1n) is 9.03. The molecular formula is C25H20. The zero-order chi connectivity index (χ0) is 16.8. The van der Waals surface area contributed by atoms with Crippen molar-refractivity contribution in [2.75, 3.05) is 0 Å². The van der Waals surface area contributed by atoms with E-state index in [-0.39, 0.29) is 0 Å². The highest BCUT2D eigenvalue weighted by molar-refractivity contribution is 6.09. The molecule has 0 atom stereocenters. The van der Waals surface area contributed by atoms with E-state index in [2.05, 4.69) is 85.8 Å². The maximum absolute atomic E-state index is 2.42. The van der Waals surface area contributed by atoms with Crippen molar-refractivity contribution in [3.63, 3.8) is 0 Å². The third-order valence-electron chi connectivity index (χ3n) is 5.32. The Balaban J connectivity index is 1.93. The molecule has 4 aromatic rings. The number of hydrogen-bond donors (Lipinski definition) is 0. The number of benzene rings is 4. The van der Waals surface area contributed by atoms with Crippen LogP contribution in [0.5, 0.6) is 0 Å². The molecule has 0 N–H and O–H groups in total. The Bertz CT molecular complexity index is 1240. The Hall–Kier alpha value is -2.86. The smallest absolute Gasteiger partial charge is 0.00961 e. The number of hydrogen-bond acceptors (Lipinski definition) is 0. The molecule has 0 amide bonds. The lowest BCUT2D eigenvalue weighted by molar-refractivity contribution is 1.13. The Labute approximate surface area is 147 Å². The van der Waals surface area contributed by atoms with Gasteiger partial charge in [-0.1, -0.05) is 78.4 Å². The van der Waals surface area contributed by atoms with Crippen LogP contribution in [0.1, 0.15) is 18.4 Å². The van der Waals surface area contributed by atoms with Crippen LogP contribution in [0.2, 0.25) is 0 Å². The molecule has 4 aromatic carbocycles. The number of rotatable bonds is 1. The largest absolute Gasteiger partial charge is 0.0757 e. The normalized spacial score (nSPS) is 13.3. The summed E-state index contributed by atoms with van der Waals surface area (Å²) in [6, 6.07) is 24.5. The van der Waals surface area contributed by atoms with Crippen molar-refractivity contribution in [3.8, 4) is 11.1 Å². The predicted octanol–water partition coefficient (Wildman–Crippen LogP) is 5.32. The lowest BCUT2D eigenvalue weighted by atomic mass is 9.92. The fraction of sp³-hybridized carbons (Fsp3) is 0.120. The van der Waals surface area contributed by atoms with Gasteiger partial charge in [-0.15, -0.1) is 0 Å². The van der Waals surface area contributed by atoms with E-state index in [1.807, 2.05) is 0 Å². The quantitative estimate of drug-likeness (QED) is 0.416. The molecule has 1 aliphatic carbocycles. The molecule has 5 rings (SSSR count). The van der Waals surface area contributed by atoms with E-state index < -0.39 is 0 Å². The molecule has 0 aliphatic heterocycles. The molecule has 0 nitrogen and oxygen atoms in total. The zero-order valence-electron chi connectivity index (χ0n) is 14.4. The van der Waals surface area contributed by atoms with Gasteiger partial charge in [-0.25, -0.2) is 0 Å². The molecule has 0 bridgehead atoms. The lowest BCUT2D eigenvalue weighted by Gasteiger charge is -2.12. The zero-order valence-corrected chi connectivity index (χ0v) is 14.4. The van der Waals surface area contributed by atoms with E-state index in [1.54, 1.807) is 0 Å². The highest BCUT2D eigenvalue weighted by Crippen LogP contribution is 2.27. The third kappa shape index (κ3) is 2.29. The summed E-state index contributed by atoms with van der Waals surface area (Å²) in [5.74, 6) is 0. The maximum Gasteiger partial charge on any atom is -0.00961 e. The first kappa shape index (κ1) is 14.5. The molecular weight excluding hydrogens is 300 g/mol. The van der Waals surface area contributed by atoms with Crippen molar-refractivity contribution < 1.29 is 0 Å². The summed E-state index contributed by atoms with van der Waals surface area (Å²) in [7, 11) is 0. The molecule has 0 unspecified atom stereocenters. The Morgan fingerprint density at radius 3 is 2.04 bits per heavy atom. The minimum absolute atomic E-state index is 1.13. The van der Waals surface area contributed by atoms with Crippen molar-refractivity contribution in [2.45, 2.75) is 19.8 Å². The Kier molecular flexibility index (Phi) is 3.24. The lowest BCUT2D eigenvalue weighted by Crippen LogP contribution is -2.28. The molecule has 0 radical (unpaired) electrons. The molecule has 0 saturated carbocycles. The Morgan fingerprint density at radius 2 is 1.24 bits per heavy atom. The van der Waals surface area contributed by atoms with Gasteiger partial charge in [0, 0.05) is 0 Å². The minimum atomic E-state index is 1.13. The molecule has 1 aliphatic rings. The average Bonchev–Trinajstić information content (AvgIpc) is 2.68. The SMILES string of the molecule is Cc1cccc(-c2ccc3c(c2)c2c(c4ccccc43)=CCCC=2)c1. The van der Waals surface area contributed by atoms with Crippen LogP contribution in [0.3, 0.4) is 0 Å². The van der Waals surface area contributed by atoms with Gasteiger partial charge in [0.1, 0.15) is 0 Å². The summed E-state index contributed by atoms with van der Waals surface area (Å²) in [5.41, 5.74) is 3.90. The van der Waals surface area contributed by atoms with Gasteiger partial charge in [0.05, 0.1) is 0 Å². The summed E-state index contributed by atoms with van der Waals surface area (Å²) < 4.78 is 0. The highest BCUT2D eigenvalue weighted by atomic mass is 14.1. The third-order valence-corrected chi connectivity index (χ3v) is 5.32. The van der Waals surface area contributed by atoms with Gasteiger partial charge >= 0.3 is 0 Å². The van der Waals surface area contributed by atoms with Gasteiger partial charge in [0.2, 0.25) is 0 Å². The molecule has 25 heavy (non-hydrogen) atoms. The summed E-state index contributed by atoms with van der Waals surface area (Å²) in [6.45, 7) is 2.16. The molecule has 120 valence electrons. The first-order chi connectivity index (χ1) is 12.3. The van der Waals surface area contributed by atoms with E-state index in [0.29, 0.717) is 0 Å². The number of fused-ring (bicyclic) bond motifs is 6. The molecule has 0 fully saturated rings. The van der Waals surface area contributed by atoms with Crippen LogP contribution >= 0.6 is 0 Å². The monoisotopic (exact) mass is 320 g/mol. The molecule has 0 spiro atoms. The topological polar surface area (TPSA) is 0 Å². The summed E-state index contributed by atoms with van der Waals surface area (Å²) in [6.07, 6.45) is 7.11. The second-order valence-electron chi connectivity index (χ2n) is 6.99. The van der Waals surface area contributed by atoms with Crippen LogP contribution in [0.25, 0.3) is 44.8 Å². The maximum atomic E-state index is 2.42. The van der Waals surface area contributed by atoms with Crippen LogP contribution in [-0.4, -0.2) is 0 Å². The van der Waals surface area contributed by atoms with Crippen molar-refractivity contribution in [2.24, 2.45) is 0 Å². The van der Waals surface area contributed by atoms with E-state index in [9.17, 15) is 0 Å². The van der Waals surface area contributed by atoms with E-state index >= 15 is 0 Å². The van der Waals surface area contributed by atoms with Crippen molar-refractivity contribution >= 4 is 33.7 Å². The van der Waals surface area contributed by atoms with Gasteiger partial charge in [0.15, 0.2) is 0 Å². The molecule has 0 saturated heterocycles. The highest BCUT2D eigenvalue weighted by Gasteiger charge is 2.09. The van der Waals surface area contributed by atoms with Gasteiger partial charge in [0.25, 0.3) is 0 Å². The standard InChI is InChI=1S/C25H20/c1-17-7-6-8-18(15-17)19-13-14-24-22-11-3-2-9-20(22)21-10-4-5-12-23(21)25(24)16-19/h2-3,6-16H,4-5H2,1H3. The van der Waals surface area contributed by atoms with Crippen LogP contribution in [0.15, 0.2) is 66.7 Å². The number of aryl methyl sites for hydroxylation is 1. The fourth-order valence-corrected chi connectivity index (χ4v) is 4.14. The van der Waals surface area contributed by atoms with E-state index in [1.165, 1.54) is 48.7 Å². The second kappa shape index (κ2) is 5.60. The second-order valence-corrected chi connectivity index (χ2v) is 6.99. The van der Waals surface area contributed by atoms with Crippen molar-refractivity contribution in [1.29, 1.82) is 0 Å². The van der Waals surface area contributed by atoms with Gasteiger partial charge < -0.3 is 0 Å². The minimum Gasteiger partial charge on any atom is -0.0757 e. The first-order valence-corrected chi connectivity index (χ1v) is 9.03. The fourth-order valence-electron chi connectivity index (χ4n) is 4.14. The Morgan fingerprint density at radius 1 is 0.560 bits per heavy atom. The van der Waals surface area contributed by atoms with Crippen LogP contribution in [-0.2, 0) is 0 Å². The van der Waals surface area contributed by atoms with Crippen LogP contribution < -0.4 is 10.4 Å². The summed E-state index contributed by atoms with van der Waals surface area (Å²) in [5, 5.41) is 8.30.